The van der Waals surface area contributed by atoms with Crippen LogP contribution in [0, 0.1) is 41.5 Å². The van der Waals surface area contributed by atoms with Crippen LogP contribution in [0.3, 0.4) is 0 Å². The minimum absolute atomic E-state index is 0. The van der Waals surface area contributed by atoms with Crippen molar-refractivity contribution in [2.24, 2.45) is 0 Å². The average Bonchev–Trinajstić information content (AvgIpc) is 2.23. The fourth-order valence-electron chi connectivity index (χ4n) is 0.530. The third-order valence-electron chi connectivity index (χ3n) is 1.50. The monoisotopic (exact) mass is 258 g/mol. The first kappa shape index (κ1) is 25.5. The van der Waals surface area contributed by atoms with Crippen molar-refractivity contribution >= 4 is 0 Å². The number of unbranched alkanes of at least 4 members (excludes halogenated alkanes) is 6. The first-order valence-electron chi connectivity index (χ1n) is 6.00. The Morgan fingerprint density at radius 1 is 0.375 bits per heavy atom. The van der Waals surface area contributed by atoms with Crippen molar-refractivity contribution in [3.63, 3.8) is 0 Å². The van der Waals surface area contributed by atoms with E-state index < -0.39 is 0 Å². The zero-order valence-electron chi connectivity index (χ0n) is 11.1. The fraction of sp³-hybridized carbons (Fsp3) is 0.600. The maximum absolute atomic E-state index is 3.64. The Balaban J connectivity index is -0.0000000655. The third-order valence-corrected chi connectivity index (χ3v) is 1.50. The van der Waals surface area contributed by atoms with Gasteiger partial charge in [0.05, 0.1) is 0 Å². The van der Waals surface area contributed by atoms with E-state index in [2.05, 4.69) is 41.5 Å². The van der Waals surface area contributed by atoms with Gasteiger partial charge in [-0.15, -0.1) is 19.3 Å². The van der Waals surface area contributed by atoms with Crippen LogP contribution in [0.5, 0.6) is 0 Å². The van der Waals surface area contributed by atoms with E-state index >= 15 is 0 Å². The molecule has 0 unspecified atom stereocenters. The molecule has 1 heteroatoms. The van der Waals surface area contributed by atoms with Gasteiger partial charge < -0.3 is 41.5 Å². The standard InChI is InChI=1S/3C5H10.Ti/c3*1-3-5-4-2;/h3*1-5H2;/q3*-2;. The van der Waals surface area contributed by atoms with Crippen molar-refractivity contribution in [1.29, 1.82) is 0 Å². The van der Waals surface area contributed by atoms with Crippen molar-refractivity contribution in [3.05, 3.63) is 41.5 Å². The second-order valence-corrected chi connectivity index (χ2v) is 3.18. The molecule has 0 aliphatic heterocycles. The van der Waals surface area contributed by atoms with E-state index in [4.69, 9.17) is 0 Å². The quantitative estimate of drug-likeness (QED) is 0.437. The van der Waals surface area contributed by atoms with Crippen LogP contribution in [0.1, 0.15) is 57.8 Å². The van der Waals surface area contributed by atoms with Crippen LogP contribution in [0.2, 0.25) is 0 Å². The molecule has 0 nitrogen and oxygen atoms in total. The van der Waals surface area contributed by atoms with Gasteiger partial charge >= 0.3 is 0 Å². The van der Waals surface area contributed by atoms with E-state index in [1.165, 1.54) is 19.3 Å². The van der Waals surface area contributed by atoms with E-state index in [9.17, 15) is 0 Å². The molecule has 0 fully saturated rings. The van der Waals surface area contributed by atoms with Crippen molar-refractivity contribution < 1.29 is 21.7 Å². The Morgan fingerprint density at radius 3 is 0.500 bits per heavy atom. The number of rotatable bonds is 6. The molecule has 0 heterocycles. The maximum atomic E-state index is 3.64. The first-order valence-corrected chi connectivity index (χ1v) is 6.00. The molecular formula is C15H30Ti-6. The van der Waals surface area contributed by atoms with Crippen LogP contribution in [0.15, 0.2) is 0 Å². The number of hydrogen-bond acceptors (Lipinski definition) is 0. The van der Waals surface area contributed by atoms with Gasteiger partial charge in [0.15, 0.2) is 0 Å². The van der Waals surface area contributed by atoms with Gasteiger partial charge in [0.2, 0.25) is 0 Å². The molecule has 0 atom stereocenters. The van der Waals surface area contributed by atoms with Crippen LogP contribution in [0.25, 0.3) is 0 Å². The van der Waals surface area contributed by atoms with Gasteiger partial charge in [-0.1, -0.05) is 0 Å². The van der Waals surface area contributed by atoms with E-state index in [1.54, 1.807) is 0 Å². The minimum Gasteiger partial charge on any atom is -0.343 e. The molecule has 0 aromatic carbocycles. The summed E-state index contributed by atoms with van der Waals surface area (Å²) in [6.45, 7) is 21.8. The molecular weight excluding hydrogens is 228 g/mol. The molecule has 0 saturated heterocycles. The first-order chi connectivity index (χ1) is 7.24. The van der Waals surface area contributed by atoms with Crippen LogP contribution in [-0.4, -0.2) is 0 Å². The molecule has 0 aliphatic rings. The summed E-state index contributed by atoms with van der Waals surface area (Å²) >= 11 is 0. The van der Waals surface area contributed by atoms with Crippen LogP contribution >= 0.6 is 0 Å². The van der Waals surface area contributed by atoms with E-state index in [-0.39, 0.29) is 21.7 Å². The summed E-state index contributed by atoms with van der Waals surface area (Å²) in [5.41, 5.74) is 0. The van der Waals surface area contributed by atoms with Gasteiger partial charge in [0.25, 0.3) is 0 Å². The van der Waals surface area contributed by atoms with Crippen LogP contribution in [0.4, 0.5) is 0 Å². The number of hydrogen-bond donors (Lipinski definition) is 0. The average molecular weight is 258 g/mol. The predicted molar refractivity (Wildman–Crippen MR) is 73.7 cm³/mol. The van der Waals surface area contributed by atoms with Crippen molar-refractivity contribution in [1.82, 2.24) is 0 Å². The summed E-state index contributed by atoms with van der Waals surface area (Å²) in [6.07, 6.45) is 9.69. The second-order valence-electron chi connectivity index (χ2n) is 3.18. The fourth-order valence-corrected chi connectivity index (χ4v) is 0.530. The van der Waals surface area contributed by atoms with E-state index in [0.717, 1.165) is 38.5 Å². The minimum atomic E-state index is 0. The van der Waals surface area contributed by atoms with Crippen molar-refractivity contribution in [3.8, 4) is 0 Å². The van der Waals surface area contributed by atoms with Gasteiger partial charge in [0.1, 0.15) is 0 Å². The summed E-state index contributed by atoms with van der Waals surface area (Å²) in [6, 6.07) is 0. The van der Waals surface area contributed by atoms with Gasteiger partial charge in [-0.25, -0.2) is 0 Å². The second kappa shape index (κ2) is 36.1. The molecule has 0 saturated carbocycles. The Kier molecular flexibility index (Phi) is 57.5. The van der Waals surface area contributed by atoms with Gasteiger partial charge in [-0.3, -0.25) is 0 Å². The molecule has 0 amide bonds. The molecule has 0 rings (SSSR count). The topological polar surface area (TPSA) is 0 Å². The van der Waals surface area contributed by atoms with Crippen molar-refractivity contribution in [2.75, 3.05) is 0 Å². The van der Waals surface area contributed by atoms with E-state index in [1.807, 2.05) is 0 Å². The molecule has 100 valence electrons. The Labute approximate surface area is 121 Å². The summed E-state index contributed by atoms with van der Waals surface area (Å²) in [5.74, 6) is 0. The maximum Gasteiger partial charge on any atom is 0 e. The van der Waals surface area contributed by atoms with Crippen molar-refractivity contribution in [2.45, 2.75) is 57.8 Å². The molecule has 0 aromatic heterocycles. The summed E-state index contributed by atoms with van der Waals surface area (Å²) in [4.78, 5) is 0. The zero-order valence-corrected chi connectivity index (χ0v) is 12.7. The zero-order chi connectivity index (χ0) is 12.4. The smallest absolute Gasteiger partial charge is 0 e. The Hall–Kier alpha value is 0.714. The third kappa shape index (κ3) is 61.4. The van der Waals surface area contributed by atoms with Gasteiger partial charge in [-0.2, -0.15) is 38.5 Å². The van der Waals surface area contributed by atoms with Gasteiger partial charge in [0, 0.05) is 21.7 Å². The molecule has 0 aromatic rings. The van der Waals surface area contributed by atoms with Crippen LogP contribution < -0.4 is 0 Å². The van der Waals surface area contributed by atoms with Gasteiger partial charge in [-0.05, 0) is 0 Å². The summed E-state index contributed by atoms with van der Waals surface area (Å²) < 4.78 is 0. The summed E-state index contributed by atoms with van der Waals surface area (Å²) in [7, 11) is 0. The SMILES string of the molecule is [CH2-]CCC[CH2-].[CH2-]CCC[CH2-].[CH2-]CCC[CH2-].[Ti]. The summed E-state index contributed by atoms with van der Waals surface area (Å²) in [5, 5.41) is 0. The molecule has 0 aliphatic carbocycles. The molecule has 16 heavy (non-hydrogen) atoms. The largest absolute Gasteiger partial charge is 0.343 e. The Morgan fingerprint density at radius 2 is 0.500 bits per heavy atom. The molecule has 0 spiro atoms. The van der Waals surface area contributed by atoms with E-state index in [0.29, 0.717) is 0 Å². The molecule has 0 N–H and O–H groups in total. The predicted octanol–water partition coefficient (Wildman–Crippen LogP) is 5.47. The normalized spacial score (nSPS) is 7.88. The Bertz CT molecular complexity index is 42.2. The molecule has 0 bridgehead atoms. The van der Waals surface area contributed by atoms with Crippen LogP contribution in [-0.2, 0) is 21.7 Å². The molecule has 0 radical (unpaired) electrons.